The van der Waals surface area contributed by atoms with E-state index in [1.807, 2.05) is 48.5 Å². The summed E-state index contributed by atoms with van der Waals surface area (Å²) in [6.07, 6.45) is 0. The fourth-order valence-corrected chi connectivity index (χ4v) is 12.3. The van der Waals surface area contributed by atoms with Crippen LogP contribution >= 0.6 is 11.3 Å². The fourth-order valence-electron chi connectivity index (χ4n) is 11.1. The third kappa shape index (κ3) is 4.71. The highest BCUT2D eigenvalue weighted by Crippen LogP contribution is 2.59. The van der Waals surface area contributed by atoms with Crippen LogP contribution in [0.15, 0.2) is 132 Å². The summed E-state index contributed by atoms with van der Waals surface area (Å²) in [7, 11) is 0. The lowest BCUT2D eigenvalue weighted by atomic mass is 9.36. The number of para-hydroxylation sites is 2. The van der Waals surface area contributed by atoms with Crippen molar-refractivity contribution in [3.05, 3.63) is 143 Å². The van der Waals surface area contributed by atoms with E-state index in [2.05, 4.69) is 114 Å². The summed E-state index contributed by atoms with van der Waals surface area (Å²) >= 11 is 1.70. The molecule has 0 unspecified atom stereocenters. The second kappa shape index (κ2) is 11.9. The minimum absolute atomic E-state index is 0.196. The first kappa shape index (κ1) is 31.7. The standard InChI is InChI=1S/C54H48B2N2O4S/c1-29-21-37-45-41(23-29)59-39-25-33-34-26-40-36(28-44(34)63-43(33)27-35(39)55(45)49-47(51(3,4)53(7,8)61-49)57(37)31-17-13-11-14-18-31)56-46-38(22-30(2)24-42(46)60-40)58(32-19-15-12-16-20-32)48-50(56)62-54(9,10)52(48,5)6/h11-28H,1-10H3/i1D3,2D3. The molecule has 0 saturated heterocycles. The summed E-state index contributed by atoms with van der Waals surface area (Å²) in [4.78, 5) is 4.38. The van der Waals surface area contributed by atoms with Crippen LogP contribution < -0.4 is 41.1 Å². The second-order valence-corrected chi connectivity index (χ2v) is 21.1. The molecule has 6 nitrogen and oxygen atoms in total. The smallest absolute Gasteiger partial charge is 0.299 e. The van der Waals surface area contributed by atoms with Crippen LogP contribution in [0, 0.1) is 24.5 Å². The molecule has 0 aliphatic carbocycles. The molecule has 9 heteroatoms. The Kier molecular flexibility index (Phi) is 6.01. The van der Waals surface area contributed by atoms with E-state index in [4.69, 9.17) is 27.2 Å². The predicted molar refractivity (Wildman–Crippen MR) is 261 cm³/mol. The van der Waals surface area contributed by atoms with Gasteiger partial charge >= 0.3 is 0 Å². The lowest BCUT2D eigenvalue weighted by Crippen LogP contribution is -2.54. The molecule has 0 bridgehead atoms. The summed E-state index contributed by atoms with van der Waals surface area (Å²) in [6.45, 7) is 11.8. The van der Waals surface area contributed by atoms with E-state index in [-0.39, 0.29) is 24.6 Å². The molecule has 0 spiro atoms. The molecule has 0 fully saturated rings. The second-order valence-electron chi connectivity index (χ2n) is 20.0. The number of thiophene rings is 1. The predicted octanol–water partition coefficient (Wildman–Crippen LogP) is 11.6. The molecule has 0 saturated carbocycles. The van der Waals surface area contributed by atoms with Crippen molar-refractivity contribution in [3.63, 3.8) is 0 Å². The first-order valence-electron chi connectivity index (χ1n) is 24.8. The Labute approximate surface area is 382 Å². The molecule has 310 valence electrons. The number of fused-ring (bicyclic) bond motifs is 9. The van der Waals surface area contributed by atoms with Crippen LogP contribution in [0.25, 0.3) is 20.2 Å². The Morgan fingerprint density at radius 3 is 1.32 bits per heavy atom. The average molecular weight is 849 g/mol. The number of rotatable bonds is 2. The maximum Gasteiger partial charge on any atom is 0.299 e. The van der Waals surface area contributed by atoms with Gasteiger partial charge in [-0.3, -0.25) is 0 Å². The lowest BCUT2D eigenvalue weighted by Gasteiger charge is -2.42. The van der Waals surface area contributed by atoms with Crippen molar-refractivity contribution in [2.75, 3.05) is 9.80 Å². The van der Waals surface area contributed by atoms with Crippen molar-refractivity contribution in [1.82, 2.24) is 0 Å². The van der Waals surface area contributed by atoms with Crippen LogP contribution in [0.5, 0.6) is 23.0 Å². The van der Waals surface area contributed by atoms with Gasteiger partial charge in [0.2, 0.25) is 0 Å². The number of ether oxygens (including phenoxy) is 4. The van der Waals surface area contributed by atoms with Gasteiger partial charge in [-0.05, 0) is 136 Å². The zero-order valence-electron chi connectivity index (χ0n) is 42.5. The first-order valence-corrected chi connectivity index (χ1v) is 22.6. The van der Waals surface area contributed by atoms with Gasteiger partial charge in [0.15, 0.2) is 0 Å². The molecule has 1 aromatic heterocycles. The van der Waals surface area contributed by atoms with E-state index < -0.39 is 35.7 Å². The Bertz CT molecular complexity index is 3300. The molecule has 7 heterocycles. The average Bonchev–Trinajstić information content (AvgIpc) is 3.79. The van der Waals surface area contributed by atoms with E-state index in [0.717, 1.165) is 87.5 Å². The normalized spacial score (nSPS) is 21.5. The summed E-state index contributed by atoms with van der Waals surface area (Å²) in [5.41, 5.74) is 8.81. The quantitative estimate of drug-likeness (QED) is 0.162. The third-order valence-corrected chi connectivity index (χ3v) is 16.6. The van der Waals surface area contributed by atoms with Gasteiger partial charge in [-0.2, -0.15) is 0 Å². The largest absolute Gasteiger partial charge is 0.499 e. The third-order valence-electron chi connectivity index (χ3n) is 15.5. The van der Waals surface area contributed by atoms with Gasteiger partial charge in [0.05, 0.1) is 22.7 Å². The topological polar surface area (TPSA) is 43.4 Å². The maximum atomic E-state index is 8.62. The molecule has 63 heavy (non-hydrogen) atoms. The molecule has 6 aromatic carbocycles. The highest BCUT2D eigenvalue weighted by Gasteiger charge is 2.60. The van der Waals surface area contributed by atoms with Crippen LogP contribution in [0.4, 0.5) is 22.7 Å². The van der Waals surface area contributed by atoms with E-state index >= 15 is 0 Å². The molecule has 0 radical (unpaired) electrons. The number of nitrogens with zero attached hydrogens (tertiary/aromatic N) is 2. The number of anilines is 4. The van der Waals surface area contributed by atoms with E-state index in [1.54, 1.807) is 23.5 Å². The van der Waals surface area contributed by atoms with Gasteiger partial charge in [0, 0.05) is 72.9 Å². The van der Waals surface area contributed by atoms with E-state index in [9.17, 15) is 0 Å². The number of hydrogen-bond acceptors (Lipinski definition) is 7. The van der Waals surface area contributed by atoms with Crippen LogP contribution in [-0.2, 0) is 9.47 Å². The van der Waals surface area contributed by atoms with Crippen LogP contribution in [-0.4, -0.2) is 24.6 Å². The van der Waals surface area contributed by atoms with Crippen LogP contribution in [0.2, 0.25) is 0 Å². The maximum absolute atomic E-state index is 8.62. The molecule has 6 aliphatic rings. The Morgan fingerprint density at radius 1 is 0.508 bits per heavy atom. The van der Waals surface area contributed by atoms with E-state index in [1.165, 1.54) is 0 Å². The van der Waals surface area contributed by atoms with Crippen LogP contribution in [0.1, 0.15) is 74.7 Å². The van der Waals surface area contributed by atoms with Gasteiger partial charge in [0.25, 0.3) is 13.4 Å². The number of aryl methyl sites for hydroxylation is 2. The first-order chi connectivity index (χ1) is 32.5. The monoisotopic (exact) mass is 848 g/mol. The molecule has 0 atom stereocenters. The SMILES string of the molecule is [2H]C([2H])([2H])c1cc2c3c(c1)N(c1ccccc1)C1=C(OC(C)(C)C1(C)C)B3c1cc3sc4cc5c(cc4c3cc1O2)Oc1cc(C([2H])([2H])[2H])cc2c1B5C1=C(N2c2ccccc2)C(C)(C)C(C)(C)O1. The van der Waals surface area contributed by atoms with Gasteiger partial charge in [0.1, 0.15) is 34.2 Å². The van der Waals surface area contributed by atoms with Crippen LogP contribution in [0.3, 0.4) is 0 Å². The number of hydrogen-bond donors (Lipinski definition) is 0. The van der Waals surface area contributed by atoms with Gasteiger partial charge in [-0.1, -0.05) is 64.1 Å². The molecular formula is C54H48B2N2O4S. The van der Waals surface area contributed by atoms with Gasteiger partial charge in [-0.25, -0.2) is 0 Å². The van der Waals surface area contributed by atoms with Crippen molar-refractivity contribution in [3.8, 4) is 23.0 Å². The molecule has 0 amide bonds. The minimum Gasteiger partial charge on any atom is -0.499 e. The van der Waals surface area contributed by atoms with Crippen molar-refractivity contribution < 1.29 is 27.2 Å². The Balaban J connectivity index is 1.04. The molecular weight excluding hydrogens is 794 g/mol. The molecule has 7 aromatic rings. The summed E-state index contributed by atoms with van der Waals surface area (Å²) in [6, 6.07) is 35.8. The molecule has 6 aliphatic heterocycles. The van der Waals surface area contributed by atoms with Gasteiger partial charge < -0.3 is 28.7 Å². The highest BCUT2D eigenvalue weighted by molar-refractivity contribution is 7.26. The highest BCUT2D eigenvalue weighted by atomic mass is 32.1. The molecule has 13 rings (SSSR count). The lowest BCUT2D eigenvalue weighted by molar-refractivity contribution is -0.000861. The Morgan fingerprint density at radius 2 is 0.921 bits per heavy atom. The summed E-state index contributed by atoms with van der Waals surface area (Å²) in [5, 5.41) is 1.92. The minimum atomic E-state index is -2.40. The zero-order valence-corrected chi connectivity index (χ0v) is 37.3. The van der Waals surface area contributed by atoms with Gasteiger partial charge in [-0.15, -0.1) is 11.3 Å². The van der Waals surface area contributed by atoms with E-state index in [0.29, 0.717) is 23.0 Å². The van der Waals surface area contributed by atoms with Crippen molar-refractivity contribution >= 4 is 89.5 Å². The zero-order chi connectivity index (χ0) is 48.3. The van der Waals surface area contributed by atoms with Crippen molar-refractivity contribution in [1.29, 1.82) is 0 Å². The molecule has 0 N–H and O–H groups in total. The number of benzene rings is 6. The summed E-state index contributed by atoms with van der Waals surface area (Å²) < 4.78 is 82.0. The Hall–Kier alpha value is -6.05. The summed E-state index contributed by atoms with van der Waals surface area (Å²) in [5.74, 6) is 2.23. The fraction of sp³-hybridized carbons (Fsp3) is 0.259. The van der Waals surface area contributed by atoms with Crippen molar-refractivity contribution in [2.45, 2.75) is 80.3 Å². The van der Waals surface area contributed by atoms with Crippen molar-refractivity contribution in [2.24, 2.45) is 10.8 Å².